The predicted molar refractivity (Wildman–Crippen MR) is 50.2 cm³/mol. The summed E-state index contributed by atoms with van der Waals surface area (Å²) in [7, 11) is 0. The Morgan fingerprint density at radius 2 is 2.36 bits per heavy atom. The smallest absolute Gasteiger partial charge is 0.182 e. The first-order chi connectivity index (χ1) is 6.88. The number of nitrogens with two attached hydrogens (primary N) is 1. The fraction of sp³-hybridized carbons (Fsp3) is 0.222. The van der Waals surface area contributed by atoms with Crippen LogP contribution in [0.3, 0.4) is 0 Å². The maximum atomic E-state index is 5.57. The van der Waals surface area contributed by atoms with Gasteiger partial charge in [-0.2, -0.15) is 0 Å². The van der Waals surface area contributed by atoms with Crippen LogP contribution >= 0.6 is 0 Å². The Morgan fingerprint density at radius 1 is 1.43 bits per heavy atom. The van der Waals surface area contributed by atoms with Crippen LogP contribution in [0.25, 0.3) is 11.4 Å². The standard InChI is InChI=1S/C9H9N5/c10-4-6-1-2-8-7(3-6)5-14-9(8)11-12-13-14/h1-3H,4-5,10H2. The van der Waals surface area contributed by atoms with E-state index in [-0.39, 0.29) is 0 Å². The normalized spacial score (nSPS) is 12.6. The number of hydrogen-bond acceptors (Lipinski definition) is 4. The van der Waals surface area contributed by atoms with Crippen molar-refractivity contribution in [3.05, 3.63) is 29.3 Å². The molecule has 1 aromatic heterocycles. The van der Waals surface area contributed by atoms with Gasteiger partial charge in [0.1, 0.15) is 0 Å². The summed E-state index contributed by atoms with van der Waals surface area (Å²) in [6, 6.07) is 6.15. The maximum Gasteiger partial charge on any atom is 0.182 e. The molecule has 0 radical (unpaired) electrons. The number of rotatable bonds is 1. The fourth-order valence-corrected chi connectivity index (χ4v) is 1.79. The van der Waals surface area contributed by atoms with E-state index in [1.807, 2.05) is 12.1 Å². The van der Waals surface area contributed by atoms with Crippen LogP contribution in [0.15, 0.2) is 18.2 Å². The van der Waals surface area contributed by atoms with Crippen LogP contribution < -0.4 is 5.73 Å². The Balaban J connectivity index is 2.18. The zero-order valence-corrected chi connectivity index (χ0v) is 7.51. The van der Waals surface area contributed by atoms with Crippen molar-refractivity contribution < 1.29 is 0 Å². The van der Waals surface area contributed by atoms with Gasteiger partial charge in [0.2, 0.25) is 0 Å². The average molecular weight is 187 g/mol. The number of hydrogen-bond donors (Lipinski definition) is 1. The Bertz CT molecular complexity index is 488. The fourth-order valence-electron chi connectivity index (χ4n) is 1.79. The minimum absolute atomic E-state index is 0.571. The molecular formula is C9H9N5. The largest absolute Gasteiger partial charge is 0.326 e. The molecule has 2 aromatic rings. The molecule has 2 N–H and O–H groups in total. The molecule has 0 amide bonds. The van der Waals surface area contributed by atoms with E-state index in [2.05, 4.69) is 21.6 Å². The lowest BCUT2D eigenvalue weighted by molar-refractivity contribution is 0.670. The van der Waals surface area contributed by atoms with Crippen molar-refractivity contribution in [1.82, 2.24) is 20.2 Å². The third kappa shape index (κ3) is 0.898. The molecule has 0 saturated heterocycles. The highest BCUT2D eigenvalue weighted by atomic mass is 15.5. The van der Waals surface area contributed by atoms with Crippen LogP contribution in [0.4, 0.5) is 0 Å². The van der Waals surface area contributed by atoms with Crippen molar-refractivity contribution in [2.24, 2.45) is 5.73 Å². The maximum absolute atomic E-state index is 5.57. The minimum atomic E-state index is 0.571. The molecule has 0 fully saturated rings. The van der Waals surface area contributed by atoms with Crippen molar-refractivity contribution in [3.63, 3.8) is 0 Å². The molecule has 0 saturated carbocycles. The van der Waals surface area contributed by atoms with Gasteiger partial charge in [0, 0.05) is 12.1 Å². The van der Waals surface area contributed by atoms with Crippen LogP contribution in [0.2, 0.25) is 0 Å². The number of benzene rings is 1. The molecule has 1 aromatic carbocycles. The summed E-state index contributed by atoms with van der Waals surface area (Å²) in [4.78, 5) is 0. The molecule has 0 spiro atoms. The number of fused-ring (bicyclic) bond motifs is 3. The molecule has 0 aliphatic carbocycles. The second-order valence-corrected chi connectivity index (χ2v) is 3.36. The highest BCUT2D eigenvalue weighted by molar-refractivity contribution is 5.64. The van der Waals surface area contributed by atoms with Crippen LogP contribution in [0.1, 0.15) is 11.1 Å². The summed E-state index contributed by atoms with van der Waals surface area (Å²) in [5, 5.41) is 11.5. The molecular weight excluding hydrogens is 178 g/mol. The highest BCUT2D eigenvalue weighted by Gasteiger charge is 2.20. The summed E-state index contributed by atoms with van der Waals surface area (Å²) in [5.41, 5.74) is 9.06. The quantitative estimate of drug-likeness (QED) is 0.589. The van der Waals surface area contributed by atoms with Gasteiger partial charge in [-0.1, -0.05) is 18.2 Å². The number of aromatic nitrogens is 4. The van der Waals surface area contributed by atoms with E-state index in [9.17, 15) is 0 Å². The number of nitrogens with zero attached hydrogens (tertiary/aromatic N) is 4. The molecule has 70 valence electrons. The number of tetrazole rings is 1. The topological polar surface area (TPSA) is 69.6 Å². The van der Waals surface area contributed by atoms with E-state index in [0.29, 0.717) is 6.54 Å². The first-order valence-corrected chi connectivity index (χ1v) is 4.47. The monoisotopic (exact) mass is 187 g/mol. The van der Waals surface area contributed by atoms with E-state index in [1.165, 1.54) is 5.56 Å². The average Bonchev–Trinajstić information content (AvgIpc) is 2.75. The molecule has 0 atom stereocenters. The molecule has 1 aliphatic heterocycles. The molecule has 0 bridgehead atoms. The van der Waals surface area contributed by atoms with Gasteiger partial charge in [-0.25, -0.2) is 4.68 Å². The summed E-state index contributed by atoms with van der Waals surface area (Å²) >= 11 is 0. The van der Waals surface area contributed by atoms with Gasteiger partial charge in [-0.15, -0.1) is 5.10 Å². The van der Waals surface area contributed by atoms with Crippen LogP contribution in [-0.2, 0) is 13.1 Å². The Kier molecular flexibility index (Phi) is 1.43. The van der Waals surface area contributed by atoms with Crippen LogP contribution in [0.5, 0.6) is 0 Å². The molecule has 2 heterocycles. The zero-order chi connectivity index (χ0) is 9.54. The van der Waals surface area contributed by atoms with Gasteiger partial charge in [0.05, 0.1) is 6.54 Å². The van der Waals surface area contributed by atoms with E-state index in [4.69, 9.17) is 5.73 Å². The van der Waals surface area contributed by atoms with Crippen LogP contribution in [0, 0.1) is 0 Å². The van der Waals surface area contributed by atoms with Gasteiger partial charge < -0.3 is 5.73 Å². The van der Waals surface area contributed by atoms with Crippen LogP contribution in [-0.4, -0.2) is 20.2 Å². The Labute approximate surface area is 80.5 Å². The molecule has 0 unspecified atom stereocenters. The lowest BCUT2D eigenvalue weighted by Crippen LogP contribution is -1.98. The second kappa shape index (κ2) is 2.62. The van der Waals surface area contributed by atoms with Gasteiger partial charge in [0.25, 0.3) is 0 Å². The molecule has 3 rings (SSSR count). The first-order valence-electron chi connectivity index (χ1n) is 4.47. The molecule has 5 heteroatoms. The summed E-state index contributed by atoms with van der Waals surface area (Å²) in [5.74, 6) is 0.851. The highest BCUT2D eigenvalue weighted by Crippen LogP contribution is 2.28. The first kappa shape index (κ1) is 7.64. The summed E-state index contributed by atoms with van der Waals surface area (Å²) in [6.45, 7) is 1.33. The Morgan fingerprint density at radius 3 is 3.21 bits per heavy atom. The molecule has 5 nitrogen and oxygen atoms in total. The van der Waals surface area contributed by atoms with Crippen molar-refractivity contribution in [2.45, 2.75) is 13.1 Å². The van der Waals surface area contributed by atoms with Gasteiger partial charge in [-0.05, 0) is 21.6 Å². The van der Waals surface area contributed by atoms with Crippen molar-refractivity contribution in [1.29, 1.82) is 0 Å². The van der Waals surface area contributed by atoms with Crippen molar-refractivity contribution in [2.75, 3.05) is 0 Å². The summed E-state index contributed by atoms with van der Waals surface area (Å²) < 4.78 is 1.80. The molecule has 14 heavy (non-hydrogen) atoms. The van der Waals surface area contributed by atoms with Gasteiger partial charge >= 0.3 is 0 Å². The molecule has 1 aliphatic rings. The van der Waals surface area contributed by atoms with E-state index in [1.54, 1.807) is 4.68 Å². The lowest BCUT2D eigenvalue weighted by atomic mass is 10.1. The van der Waals surface area contributed by atoms with E-state index < -0.39 is 0 Å². The van der Waals surface area contributed by atoms with Crippen molar-refractivity contribution >= 4 is 0 Å². The predicted octanol–water partition coefficient (Wildman–Crippen LogP) is 0.160. The third-order valence-corrected chi connectivity index (χ3v) is 2.50. The Hall–Kier alpha value is -1.75. The van der Waals surface area contributed by atoms with Crippen molar-refractivity contribution in [3.8, 4) is 11.4 Å². The van der Waals surface area contributed by atoms with E-state index >= 15 is 0 Å². The SMILES string of the molecule is NCc1ccc2c(c1)Cn1nnnc1-2. The van der Waals surface area contributed by atoms with Gasteiger partial charge in [0.15, 0.2) is 5.82 Å². The summed E-state index contributed by atoms with van der Waals surface area (Å²) in [6.07, 6.45) is 0. The zero-order valence-electron chi connectivity index (χ0n) is 7.51. The second-order valence-electron chi connectivity index (χ2n) is 3.36. The van der Waals surface area contributed by atoms with Gasteiger partial charge in [-0.3, -0.25) is 0 Å². The van der Waals surface area contributed by atoms with E-state index in [0.717, 1.165) is 23.5 Å². The lowest BCUT2D eigenvalue weighted by Gasteiger charge is -2.00. The third-order valence-electron chi connectivity index (χ3n) is 2.50. The minimum Gasteiger partial charge on any atom is -0.326 e.